The van der Waals surface area contributed by atoms with Crippen molar-refractivity contribution in [1.82, 2.24) is 24.5 Å². The van der Waals surface area contributed by atoms with Crippen molar-refractivity contribution in [2.24, 2.45) is 5.92 Å². The number of aromatic amines is 1. The lowest BCUT2D eigenvalue weighted by Crippen LogP contribution is -2.43. The van der Waals surface area contributed by atoms with E-state index in [2.05, 4.69) is 30.6 Å². The van der Waals surface area contributed by atoms with Crippen LogP contribution in [0.4, 0.5) is 0 Å². The Morgan fingerprint density at radius 2 is 1.79 bits per heavy atom. The number of nitrogens with zero attached hydrogens (tertiary/aromatic N) is 2. The lowest BCUT2D eigenvalue weighted by Gasteiger charge is -2.34. The molecule has 0 bridgehead atoms. The van der Waals surface area contributed by atoms with Gasteiger partial charge in [-0.25, -0.2) is 8.51 Å². The minimum absolute atomic E-state index is 0.158. The van der Waals surface area contributed by atoms with Gasteiger partial charge in [0.1, 0.15) is 0 Å². The maximum Gasteiger partial charge on any atom is 0.254 e. The molecule has 5 rings (SSSR count). The van der Waals surface area contributed by atoms with Crippen molar-refractivity contribution < 1.29 is 9.00 Å². The molecule has 204 valence electrons. The zero-order valence-electron chi connectivity index (χ0n) is 22.6. The number of hydrogen-bond acceptors (Lipinski definition) is 4. The molecule has 9 heteroatoms. The van der Waals surface area contributed by atoms with Crippen molar-refractivity contribution in [2.45, 2.75) is 64.8 Å². The van der Waals surface area contributed by atoms with Crippen molar-refractivity contribution in [1.29, 1.82) is 0 Å². The number of aryl methyl sites for hydroxylation is 2. The first-order valence-corrected chi connectivity index (χ1v) is 14.9. The fraction of sp³-hybridized carbons (Fsp3) is 0.517. The Morgan fingerprint density at radius 3 is 2.50 bits per heavy atom. The molecule has 0 spiro atoms. The van der Waals surface area contributed by atoms with E-state index in [4.69, 9.17) is 0 Å². The SMILES string of the molecule is Cc1cc(C)c(CNC(=O)c2c(C)n(CC3CCN(S(=O)C4CCNCC4)CC3)c3ccccc23)c(=O)[nH]1. The summed E-state index contributed by atoms with van der Waals surface area (Å²) in [7, 11) is -0.897. The third kappa shape index (κ3) is 5.51. The molecule has 8 nitrogen and oxygen atoms in total. The molecule has 0 saturated carbocycles. The van der Waals surface area contributed by atoms with E-state index >= 15 is 0 Å². The van der Waals surface area contributed by atoms with E-state index in [0.29, 0.717) is 17.0 Å². The predicted molar refractivity (Wildman–Crippen MR) is 153 cm³/mol. The fourth-order valence-corrected chi connectivity index (χ4v) is 7.68. The largest absolute Gasteiger partial charge is 0.348 e. The highest BCUT2D eigenvalue weighted by molar-refractivity contribution is 7.83. The maximum absolute atomic E-state index is 13.4. The van der Waals surface area contributed by atoms with Crippen molar-refractivity contribution in [3.05, 3.63) is 68.8 Å². The van der Waals surface area contributed by atoms with E-state index in [-0.39, 0.29) is 23.3 Å². The number of aromatic nitrogens is 2. The number of pyridine rings is 1. The monoisotopic (exact) mass is 537 g/mol. The van der Waals surface area contributed by atoms with Crippen LogP contribution in [0.3, 0.4) is 0 Å². The number of para-hydroxylation sites is 1. The van der Waals surface area contributed by atoms with Crippen LogP contribution in [0.2, 0.25) is 0 Å². The molecule has 4 heterocycles. The van der Waals surface area contributed by atoms with Crippen LogP contribution in [0.1, 0.15) is 58.6 Å². The summed E-state index contributed by atoms with van der Waals surface area (Å²) >= 11 is 0. The van der Waals surface area contributed by atoms with Gasteiger partial charge in [0, 0.05) is 54.0 Å². The van der Waals surface area contributed by atoms with Crippen molar-refractivity contribution >= 4 is 27.8 Å². The van der Waals surface area contributed by atoms with Crippen molar-refractivity contribution in [3.63, 3.8) is 0 Å². The Morgan fingerprint density at radius 1 is 1.08 bits per heavy atom. The summed E-state index contributed by atoms with van der Waals surface area (Å²) in [5.41, 5.74) is 4.78. The van der Waals surface area contributed by atoms with E-state index < -0.39 is 11.0 Å². The molecule has 3 N–H and O–H groups in total. The summed E-state index contributed by atoms with van der Waals surface area (Å²) in [5.74, 6) is 0.305. The second-order valence-electron chi connectivity index (χ2n) is 10.8. The van der Waals surface area contributed by atoms with Crippen molar-refractivity contribution in [3.8, 4) is 0 Å². The maximum atomic E-state index is 13.4. The number of piperidine rings is 2. The van der Waals surface area contributed by atoms with Crippen LogP contribution in [-0.2, 0) is 24.1 Å². The molecular weight excluding hydrogens is 498 g/mol. The zero-order chi connectivity index (χ0) is 26.8. The first-order valence-electron chi connectivity index (χ1n) is 13.7. The molecule has 3 aromatic rings. The topological polar surface area (TPSA) is 99.2 Å². The number of nitrogens with one attached hydrogen (secondary N) is 3. The molecule has 2 fully saturated rings. The number of hydrogen-bond donors (Lipinski definition) is 3. The quantitative estimate of drug-likeness (QED) is 0.431. The predicted octanol–water partition coefficient (Wildman–Crippen LogP) is 3.31. The van der Waals surface area contributed by atoms with Gasteiger partial charge in [-0.3, -0.25) is 9.59 Å². The minimum atomic E-state index is -0.897. The average molecular weight is 538 g/mol. The lowest BCUT2D eigenvalue weighted by atomic mass is 9.98. The van der Waals surface area contributed by atoms with Crippen LogP contribution in [0, 0.1) is 26.7 Å². The van der Waals surface area contributed by atoms with Gasteiger partial charge >= 0.3 is 0 Å². The summed E-state index contributed by atoms with van der Waals surface area (Å²) in [6.45, 7) is 10.4. The first kappa shape index (κ1) is 26.8. The van der Waals surface area contributed by atoms with Gasteiger partial charge < -0.3 is 20.2 Å². The number of H-pyrrole nitrogens is 1. The van der Waals surface area contributed by atoms with E-state index in [0.717, 1.165) is 86.3 Å². The number of carbonyl (C=O) groups excluding carboxylic acids is 1. The molecule has 1 unspecified atom stereocenters. The third-order valence-corrected chi connectivity index (χ3v) is 10.1. The summed E-state index contributed by atoms with van der Waals surface area (Å²) in [6, 6.07) is 9.98. The molecule has 2 aliphatic rings. The van der Waals surface area contributed by atoms with Crippen LogP contribution >= 0.6 is 0 Å². The van der Waals surface area contributed by atoms with Crippen LogP contribution < -0.4 is 16.2 Å². The molecule has 0 radical (unpaired) electrons. The summed E-state index contributed by atoms with van der Waals surface area (Å²) in [6.07, 6.45) is 3.98. The Labute approximate surface area is 226 Å². The van der Waals surface area contributed by atoms with Crippen LogP contribution in [-0.4, -0.2) is 55.4 Å². The molecule has 2 aliphatic heterocycles. The standard InChI is InChI=1S/C29H39N5O3S/c1-19-16-20(2)32-28(35)25(19)17-31-29(36)27-21(3)34(26-7-5-4-6-24(26)27)18-22-10-14-33(15-11-22)38(37)23-8-12-30-13-9-23/h4-7,16,22-23,30H,8-15,17-18H2,1-3H3,(H,31,36)(H,32,35). The molecule has 0 aliphatic carbocycles. The molecular formula is C29H39N5O3S. The number of carbonyl (C=O) groups is 1. The van der Waals surface area contributed by atoms with Crippen molar-refractivity contribution in [2.75, 3.05) is 26.2 Å². The highest BCUT2D eigenvalue weighted by Crippen LogP contribution is 2.30. The lowest BCUT2D eigenvalue weighted by molar-refractivity contribution is 0.0951. The van der Waals surface area contributed by atoms with Gasteiger partial charge in [-0.2, -0.15) is 0 Å². The zero-order valence-corrected chi connectivity index (χ0v) is 23.5. The molecule has 2 aromatic heterocycles. The number of amides is 1. The Hall–Kier alpha value is -2.75. The van der Waals surface area contributed by atoms with Gasteiger partial charge in [0.2, 0.25) is 0 Å². The molecule has 2 saturated heterocycles. The van der Waals surface area contributed by atoms with E-state index in [9.17, 15) is 13.8 Å². The second kappa shape index (κ2) is 11.6. The van der Waals surface area contributed by atoms with Crippen LogP contribution in [0.25, 0.3) is 10.9 Å². The third-order valence-electron chi connectivity index (χ3n) is 8.22. The van der Waals surface area contributed by atoms with Gasteiger partial charge in [0.25, 0.3) is 11.5 Å². The highest BCUT2D eigenvalue weighted by atomic mass is 32.2. The number of rotatable bonds is 7. The second-order valence-corrected chi connectivity index (χ2v) is 12.5. The summed E-state index contributed by atoms with van der Waals surface area (Å²) < 4.78 is 17.5. The molecule has 38 heavy (non-hydrogen) atoms. The van der Waals surface area contributed by atoms with Gasteiger partial charge in [0.05, 0.1) is 21.8 Å². The minimum Gasteiger partial charge on any atom is -0.348 e. The molecule has 1 aromatic carbocycles. The Bertz CT molecular complexity index is 1400. The van der Waals surface area contributed by atoms with E-state index in [1.165, 1.54) is 0 Å². The molecule has 1 amide bonds. The van der Waals surface area contributed by atoms with Crippen LogP contribution in [0.5, 0.6) is 0 Å². The smallest absolute Gasteiger partial charge is 0.254 e. The van der Waals surface area contributed by atoms with Gasteiger partial charge in [0.15, 0.2) is 0 Å². The molecule has 1 atom stereocenters. The summed E-state index contributed by atoms with van der Waals surface area (Å²) in [5, 5.41) is 7.57. The van der Waals surface area contributed by atoms with Crippen LogP contribution in [0.15, 0.2) is 35.1 Å². The summed E-state index contributed by atoms with van der Waals surface area (Å²) in [4.78, 5) is 28.7. The Kier molecular flexibility index (Phi) is 8.16. The fourth-order valence-electron chi connectivity index (χ4n) is 6.05. The first-order chi connectivity index (χ1) is 18.3. The number of fused-ring (bicyclic) bond motifs is 1. The normalized spacial score (nSPS) is 18.6. The number of benzene rings is 1. The Balaban J connectivity index is 1.29. The average Bonchev–Trinajstić information content (AvgIpc) is 3.19. The van der Waals surface area contributed by atoms with E-state index in [1.807, 2.05) is 45.0 Å². The van der Waals surface area contributed by atoms with Gasteiger partial charge in [-0.1, -0.05) is 18.2 Å². The van der Waals surface area contributed by atoms with Gasteiger partial charge in [-0.15, -0.1) is 0 Å². The van der Waals surface area contributed by atoms with E-state index in [1.54, 1.807) is 0 Å². The highest BCUT2D eigenvalue weighted by Gasteiger charge is 2.30. The van der Waals surface area contributed by atoms with Gasteiger partial charge in [-0.05, 0) is 83.2 Å².